The lowest BCUT2D eigenvalue weighted by molar-refractivity contribution is 0.0206. The zero-order valence-electron chi connectivity index (χ0n) is 13.0. The molecule has 0 N–H and O–H groups in total. The SMILES string of the molecule is COC(=O)c1ccc2ccccc2c1OC(=O)OC(C)(C)C. The van der Waals surface area contributed by atoms with Crippen LogP contribution in [0, 0.1) is 0 Å². The second kappa shape index (κ2) is 6.05. The molecule has 0 saturated carbocycles. The Kier molecular flexibility index (Phi) is 4.35. The van der Waals surface area contributed by atoms with Gasteiger partial charge in [0.25, 0.3) is 0 Å². The zero-order valence-corrected chi connectivity index (χ0v) is 13.0. The summed E-state index contributed by atoms with van der Waals surface area (Å²) in [5, 5.41) is 1.48. The minimum absolute atomic E-state index is 0.138. The van der Waals surface area contributed by atoms with E-state index in [0.717, 1.165) is 5.39 Å². The Bertz CT molecular complexity index is 713. The molecule has 0 amide bonds. The van der Waals surface area contributed by atoms with E-state index in [2.05, 4.69) is 0 Å². The summed E-state index contributed by atoms with van der Waals surface area (Å²) in [5.41, 5.74) is -0.514. The first-order valence-corrected chi connectivity index (χ1v) is 6.83. The molecular weight excluding hydrogens is 284 g/mol. The van der Waals surface area contributed by atoms with Crippen LogP contribution < -0.4 is 4.74 Å². The molecule has 22 heavy (non-hydrogen) atoms. The highest BCUT2D eigenvalue weighted by Gasteiger charge is 2.23. The van der Waals surface area contributed by atoms with Crippen LogP contribution in [-0.2, 0) is 9.47 Å². The number of benzene rings is 2. The van der Waals surface area contributed by atoms with E-state index < -0.39 is 17.7 Å². The van der Waals surface area contributed by atoms with E-state index in [0.29, 0.717) is 5.39 Å². The van der Waals surface area contributed by atoms with Gasteiger partial charge in [0, 0.05) is 5.39 Å². The molecule has 0 fully saturated rings. The van der Waals surface area contributed by atoms with Crippen molar-refractivity contribution in [2.45, 2.75) is 26.4 Å². The number of carbonyl (C=O) groups excluding carboxylic acids is 2. The van der Waals surface area contributed by atoms with E-state index >= 15 is 0 Å². The number of hydrogen-bond acceptors (Lipinski definition) is 5. The Morgan fingerprint density at radius 2 is 1.68 bits per heavy atom. The summed E-state index contributed by atoms with van der Waals surface area (Å²) >= 11 is 0. The van der Waals surface area contributed by atoms with Gasteiger partial charge in [0.05, 0.1) is 7.11 Å². The molecule has 0 atom stereocenters. The summed E-state index contributed by atoms with van der Waals surface area (Å²) < 4.78 is 15.2. The summed E-state index contributed by atoms with van der Waals surface area (Å²) in [5.74, 6) is -0.441. The van der Waals surface area contributed by atoms with Crippen LogP contribution in [0.2, 0.25) is 0 Å². The third kappa shape index (κ3) is 3.55. The first kappa shape index (κ1) is 15.8. The van der Waals surface area contributed by atoms with Crippen molar-refractivity contribution < 1.29 is 23.8 Å². The predicted octanol–water partition coefficient (Wildman–Crippen LogP) is 3.94. The van der Waals surface area contributed by atoms with Crippen molar-refractivity contribution in [1.82, 2.24) is 0 Å². The number of fused-ring (bicyclic) bond motifs is 1. The molecular formula is C17H18O5. The fraction of sp³-hybridized carbons (Fsp3) is 0.294. The molecule has 0 heterocycles. The number of ether oxygens (including phenoxy) is 3. The van der Waals surface area contributed by atoms with Gasteiger partial charge in [-0.1, -0.05) is 30.3 Å². The van der Waals surface area contributed by atoms with Gasteiger partial charge in [-0.2, -0.15) is 0 Å². The molecule has 0 aliphatic carbocycles. The standard InChI is InChI=1S/C17H18O5/c1-17(2,3)22-16(19)21-14-12-8-6-5-7-11(12)9-10-13(14)15(18)20-4/h5-10H,1-4H3. The van der Waals surface area contributed by atoms with E-state index in [-0.39, 0.29) is 11.3 Å². The number of carbonyl (C=O) groups is 2. The molecule has 5 heteroatoms. The van der Waals surface area contributed by atoms with Crippen molar-refractivity contribution in [1.29, 1.82) is 0 Å². The average Bonchev–Trinajstić information content (AvgIpc) is 2.45. The van der Waals surface area contributed by atoms with Crippen molar-refractivity contribution in [3.05, 3.63) is 42.0 Å². The monoisotopic (exact) mass is 302 g/mol. The van der Waals surface area contributed by atoms with Crippen LogP contribution in [0.25, 0.3) is 10.8 Å². The second-order valence-electron chi connectivity index (χ2n) is 5.72. The van der Waals surface area contributed by atoms with E-state index in [1.54, 1.807) is 45.0 Å². The largest absolute Gasteiger partial charge is 0.514 e. The van der Waals surface area contributed by atoms with Crippen molar-refractivity contribution in [2.24, 2.45) is 0 Å². The Balaban J connectivity index is 2.48. The van der Waals surface area contributed by atoms with E-state index in [1.807, 2.05) is 12.1 Å². The highest BCUT2D eigenvalue weighted by atomic mass is 16.7. The number of methoxy groups -OCH3 is 1. The van der Waals surface area contributed by atoms with Crippen LogP contribution in [0.1, 0.15) is 31.1 Å². The Labute approximate surface area is 128 Å². The number of hydrogen-bond donors (Lipinski definition) is 0. The minimum Gasteiger partial charge on any atom is -0.465 e. The molecule has 0 radical (unpaired) electrons. The smallest absolute Gasteiger partial charge is 0.465 e. The van der Waals surface area contributed by atoms with Gasteiger partial charge >= 0.3 is 12.1 Å². The van der Waals surface area contributed by atoms with Gasteiger partial charge in [0.2, 0.25) is 0 Å². The molecule has 0 aromatic heterocycles. The van der Waals surface area contributed by atoms with E-state index in [9.17, 15) is 9.59 Å². The quantitative estimate of drug-likeness (QED) is 0.621. The number of rotatable bonds is 2. The Hall–Kier alpha value is -2.56. The molecule has 0 aliphatic rings. The van der Waals surface area contributed by atoms with E-state index in [1.165, 1.54) is 7.11 Å². The summed E-state index contributed by atoms with van der Waals surface area (Å²) in [4.78, 5) is 23.8. The third-order valence-electron chi connectivity index (χ3n) is 2.86. The maximum Gasteiger partial charge on any atom is 0.514 e. The molecule has 0 saturated heterocycles. The van der Waals surface area contributed by atoms with Gasteiger partial charge in [-0.3, -0.25) is 0 Å². The predicted molar refractivity (Wildman–Crippen MR) is 82.1 cm³/mol. The van der Waals surface area contributed by atoms with Crippen LogP contribution in [0.15, 0.2) is 36.4 Å². The molecule has 2 aromatic rings. The van der Waals surface area contributed by atoms with Crippen LogP contribution in [-0.4, -0.2) is 24.8 Å². The normalized spacial score (nSPS) is 11.1. The van der Waals surface area contributed by atoms with Gasteiger partial charge in [-0.05, 0) is 32.2 Å². The minimum atomic E-state index is -0.867. The summed E-state index contributed by atoms with van der Waals surface area (Å²) in [6.45, 7) is 5.20. The van der Waals surface area contributed by atoms with Gasteiger partial charge in [-0.25, -0.2) is 9.59 Å². The third-order valence-corrected chi connectivity index (χ3v) is 2.86. The maximum atomic E-state index is 11.9. The molecule has 2 rings (SSSR count). The summed E-state index contributed by atoms with van der Waals surface area (Å²) in [6.07, 6.45) is -0.867. The topological polar surface area (TPSA) is 61.8 Å². The van der Waals surface area contributed by atoms with Gasteiger partial charge in [0.15, 0.2) is 5.75 Å². The summed E-state index contributed by atoms with van der Waals surface area (Å²) in [6, 6.07) is 10.6. The summed E-state index contributed by atoms with van der Waals surface area (Å²) in [7, 11) is 1.27. The molecule has 2 aromatic carbocycles. The lowest BCUT2D eigenvalue weighted by Crippen LogP contribution is -2.26. The van der Waals surface area contributed by atoms with Crippen molar-refractivity contribution in [3.63, 3.8) is 0 Å². The fourth-order valence-corrected chi connectivity index (χ4v) is 1.98. The second-order valence-corrected chi connectivity index (χ2v) is 5.72. The number of esters is 1. The van der Waals surface area contributed by atoms with Crippen LogP contribution >= 0.6 is 0 Å². The molecule has 0 unspecified atom stereocenters. The highest BCUT2D eigenvalue weighted by Crippen LogP contribution is 2.31. The lowest BCUT2D eigenvalue weighted by atomic mass is 10.1. The molecule has 116 valence electrons. The van der Waals surface area contributed by atoms with Crippen molar-refractivity contribution >= 4 is 22.9 Å². The highest BCUT2D eigenvalue weighted by molar-refractivity contribution is 6.02. The molecule has 5 nitrogen and oxygen atoms in total. The van der Waals surface area contributed by atoms with Crippen LogP contribution in [0.5, 0.6) is 5.75 Å². The molecule has 0 spiro atoms. The Morgan fingerprint density at radius 3 is 2.32 bits per heavy atom. The lowest BCUT2D eigenvalue weighted by Gasteiger charge is -2.19. The first-order chi connectivity index (χ1) is 10.3. The van der Waals surface area contributed by atoms with Crippen molar-refractivity contribution in [3.8, 4) is 5.75 Å². The van der Waals surface area contributed by atoms with Crippen LogP contribution in [0.4, 0.5) is 4.79 Å². The Morgan fingerprint density at radius 1 is 1.00 bits per heavy atom. The van der Waals surface area contributed by atoms with Crippen LogP contribution in [0.3, 0.4) is 0 Å². The average molecular weight is 302 g/mol. The van der Waals surface area contributed by atoms with Gasteiger partial charge in [0.1, 0.15) is 11.2 Å². The van der Waals surface area contributed by atoms with Crippen molar-refractivity contribution in [2.75, 3.05) is 7.11 Å². The van der Waals surface area contributed by atoms with E-state index in [4.69, 9.17) is 14.2 Å². The van der Waals surface area contributed by atoms with Gasteiger partial charge < -0.3 is 14.2 Å². The molecule has 0 bridgehead atoms. The molecule has 0 aliphatic heterocycles. The zero-order chi connectivity index (χ0) is 16.3. The first-order valence-electron chi connectivity index (χ1n) is 6.83. The maximum absolute atomic E-state index is 11.9. The van der Waals surface area contributed by atoms with Gasteiger partial charge in [-0.15, -0.1) is 0 Å². The fourth-order valence-electron chi connectivity index (χ4n) is 1.98.